The lowest BCUT2D eigenvalue weighted by molar-refractivity contribution is -0.148. The summed E-state index contributed by atoms with van der Waals surface area (Å²) in [5.74, 6) is -1.91. The van der Waals surface area contributed by atoms with Crippen molar-refractivity contribution < 1.29 is 28.7 Å². The van der Waals surface area contributed by atoms with Crippen LogP contribution in [0.4, 0.5) is 4.79 Å². The number of ether oxygens (including phenoxy) is 1. The van der Waals surface area contributed by atoms with Crippen LogP contribution >= 0.6 is 0 Å². The van der Waals surface area contributed by atoms with Crippen LogP contribution in [0.15, 0.2) is 0 Å². The fourth-order valence-corrected chi connectivity index (χ4v) is 6.24. The molecule has 0 aromatic carbocycles. The normalized spacial score (nSPS) is 27.4. The summed E-state index contributed by atoms with van der Waals surface area (Å²) in [6.45, 7) is 16.4. The molecule has 0 spiro atoms. The van der Waals surface area contributed by atoms with E-state index in [1.165, 1.54) is 7.11 Å². The highest BCUT2D eigenvalue weighted by Gasteiger charge is 2.61. The standard InChI is InChI=1S/C28H47N5O6/c1-26(2,3)20(31-25(38)32-27(4,5)6)23(36)33-14-17-16(13-28(17,7)8)19(33)22(35)30-18(24(37)39-9)12-15-10-11-29-21(15)34/h15-20H,10-14H2,1-9H3,(H,29,34)(H,30,35)(H2,31,32,38)/t15-,16-,17-,18-,19-,20+/m0/s1. The first-order chi connectivity index (χ1) is 17.9. The largest absolute Gasteiger partial charge is 0.467 e. The quantitative estimate of drug-likeness (QED) is 0.355. The molecule has 0 radical (unpaired) electrons. The number of hydrogen-bond donors (Lipinski definition) is 4. The Morgan fingerprint density at radius 2 is 1.74 bits per heavy atom. The van der Waals surface area contributed by atoms with E-state index in [0.29, 0.717) is 19.5 Å². The van der Waals surface area contributed by atoms with Gasteiger partial charge in [0.25, 0.3) is 0 Å². The number of amides is 5. The Morgan fingerprint density at radius 3 is 2.23 bits per heavy atom. The molecule has 0 aromatic heterocycles. The van der Waals surface area contributed by atoms with Gasteiger partial charge in [0.15, 0.2) is 0 Å². The number of carbonyl (C=O) groups excluding carboxylic acids is 5. The van der Waals surface area contributed by atoms with Crippen LogP contribution in [0, 0.1) is 28.6 Å². The maximum absolute atomic E-state index is 14.1. The first-order valence-electron chi connectivity index (χ1n) is 13.9. The fraction of sp³-hybridized carbons (Fsp3) is 0.821. The third-order valence-electron chi connectivity index (χ3n) is 8.33. The number of carbonyl (C=O) groups is 5. The Kier molecular flexibility index (Phi) is 8.63. The molecule has 6 atom stereocenters. The fourth-order valence-electron chi connectivity index (χ4n) is 6.24. The summed E-state index contributed by atoms with van der Waals surface area (Å²) in [6, 6.07) is -3.14. The van der Waals surface area contributed by atoms with Crippen LogP contribution in [-0.2, 0) is 23.9 Å². The highest BCUT2D eigenvalue weighted by Crippen LogP contribution is 2.57. The van der Waals surface area contributed by atoms with Crippen LogP contribution in [0.1, 0.15) is 74.7 Å². The second-order valence-electron chi connectivity index (χ2n) is 14.1. The predicted octanol–water partition coefficient (Wildman–Crippen LogP) is 1.56. The number of nitrogens with one attached hydrogen (secondary N) is 4. The lowest BCUT2D eigenvalue weighted by Crippen LogP contribution is -2.61. The number of hydrogen-bond acceptors (Lipinski definition) is 6. The third kappa shape index (κ3) is 6.84. The Hall–Kier alpha value is -2.85. The van der Waals surface area contributed by atoms with E-state index in [1.807, 2.05) is 41.5 Å². The van der Waals surface area contributed by atoms with Crippen molar-refractivity contribution in [2.45, 2.75) is 98.3 Å². The molecule has 11 heteroatoms. The van der Waals surface area contributed by atoms with Crippen molar-refractivity contribution in [3.05, 3.63) is 0 Å². The van der Waals surface area contributed by atoms with Crippen molar-refractivity contribution in [3.8, 4) is 0 Å². The second-order valence-corrected chi connectivity index (χ2v) is 14.1. The Morgan fingerprint density at radius 1 is 1.10 bits per heavy atom. The van der Waals surface area contributed by atoms with Gasteiger partial charge in [-0.1, -0.05) is 34.6 Å². The zero-order chi connectivity index (χ0) is 29.5. The van der Waals surface area contributed by atoms with E-state index in [1.54, 1.807) is 4.90 Å². The summed E-state index contributed by atoms with van der Waals surface area (Å²) in [7, 11) is 1.24. The lowest BCUT2D eigenvalue weighted by atomic mass is 9.55. The summed E-state index contributed by atoms with van der Waals surface area (Å²) >= 11 is 0. The van der Waals surface area contributed by atoms with Gasteiger partial charge in [-0.3, -0.25) is 14.4 Å². The molecule has 0 bridgehead atoms. The highest BCUT2D eigenvalue weighted by molar-refractivity contribution is 5.95. The minimum Gasteiger partial charge on any atom is -0.467 e. The number of urea groups is 1. The van der Waals surface area contributed by atoms with Crippen LogP contribution in [0.3, 0.4) is 0 Å². The number of likely N-dealkylation sites (tertiary alicyclic amines) is 1. The average molecular weight is 550 g/mol. The first-order valence-corrected chi connectivity index (χ1v) is 13.9. The maximum Gasteiger partial charge on any atom is 0.328 e. The number of rotatable bonds is 7. The third-order valence-corrected chi connectivity index (χ3v) is 8.33. The van der Waals surface area contributed by atoms with Crippen molar-refractivity contribution in [2.75, 3.05) is 20.2 Å². The van der Waals surface area contributed by atoms with E-state index < -0.39 is 52.9 Å². The summed E-state index contributed by atoms with van der Waals surface area (Å²) in [4.78, 5) is 67.0. The molecule has 1 saturated carbocycles. The van der Waals surface area contributed by atoms with Crippen LogP contribution < -0.4 is 21.3 Å². The second kappa shape index (κ2) is 11.0. The lowest BCUT2D eigenvalue weighted by Gasteiger charge is -2.48. The number of esters is 1. The van der Waals surface area contributed by atoms with Gasteiger partial charge in [-0.25, -0.2) is 9.59 Å². The zero-order valence-corrected chi connectivity index (χ0v) is 24.9. The number of methoxy groups -OCH3 is 1. The summed E-state index contributed by atoms with van der Waals surface area (Å²) < 4.78 is 4.94. The SMILES string of the molecule is COC(=O)[C@H](C[C@@H]1CCNC1=O)NC(=O)[C@@H]1[C@H]2CC(C)(C)[C@H]2CN1C(=O)[C@@H](NC(=O)NC(C)(C)C)C(C)(C)C. The van der Waals surface area contributed by atoms with Crippen molar-refractivity contribution >= 4 is 29.7 Å². The smallest absolute Gasteiger partial charge is 0.328 e. The number of fused-ring (bicyclic) bond motifs is 1. The van der Waals surface area contributed by atoms with E-state index >= 15 is 0 Å². The van der Waals surface area contributed by atoms with E-state index in [4.69, 9.17) is 4.74 Å². The molecule has 0 aromatic rings. The topological polar surface area (TPSA) is 146 Å². The van der Waals surface area contributed by atoms with Crippen LogP contribution in [0.2, 0.25) is 0 Å². The molecule has 4 N–H and O–H groups in total. The van der Waals surface area contributed by atoms with E-state index in [0.717, 1.165) is 6.42 Å². The molecular weight excluding hydrogens is 502 g/mol. The minimum atomic E-state index is -1.01. The van der Waals surface area contributed by atoms with Crippen LogP contribution in [0.25, 0.3) is 0 Å². The summed E-state index contributed by atoms with van der Waals surface area (Å²) in [6.07, 6.45) is 1.46. The van der Waals surface area contributed by atoms with Crippen molar-refractivity contribution in [1.29, 1.82) is 0 Å². The molecule has 2 heterocycles. The van der Waals surface area contributed by atoms with Gasteiger partial charge in [-0.05, 0) is 62.7 Å². The number of nitrogens with zero attached hydrogens (tertiary/aromatic N) is 1. The molecule has 11 nitrogen and oxygen atoms in total. The molecule has 2 saturated heterocycles. The summed E-state index contributed by atoms with van der Waals surface area (Å²) in [5.41, 5.74) is -1.17. The summed E-state index contributed by atoms with van der Waals surface area (Å²) in [5, 5.41) is 11.3. The molecule has 220 valence electrons. The van der Waals surface area contributed by atoms with Crippen LogP contribution in [-0.4, -0.2) is 78.5 Å². The van der Waals surface area contributed by atoms with Gasteiger partial charge in [0.2, 0.25) is 17.7 Å². The molecule has 2 aliphatic heterocycles. The van der Waals surface area contributed by atoms with Gasteiger partial charge in [0.05, 0.1) is 7.11 Å². The molecule has 0 unspecified atom stereocenters. The predicted molar refractivity (Wildman–Crippen MR) is 145 cm³/mol. The van der Waals surface area contributed by atoms with Gasteiger partial charge in [-0.15, -0.1) is 0 Å². The Balaban J connectivity index is 1.86. The highest BCUT2D eigenvalue weighted by atomic mass is 16.5. The van der Waals surface area contributed by atoms with Gasteiger partial charge in [-0.2, -0.15) is 0 Å². The Labute approximate surface area is 231 Å². The average Bonchev–Trinajstić information content (AvgIpc) is 3.35. The van der Waals surface area contributed by atoms with Crippen molar-refractivity contribution in [2.24, 2.45) is 28.6 Å². The van der Waals surface area contributed by atoms with Crippen LogP contribution in [0.5, 0.6) is 0 Å². The van der Waals surface area contributed by atoms with Gasteiger partial charge in [0.1, 0.15) is 18.1 Å². The van der Waals surface area contributed by atoms with Gasteiger partial charge in [0, 0.05) is 24.5 Å². The van der Waals surface area contributed by atoms with Crippen molar-refractivity contribution in [1.82, 2.24) is 26.2 Å². The zero-order valence-electron chi connectivity index (χ0n) is 24.9. The van der Waals surface area contributed by atoms with E-state index in [-0.39, 0.29) is 35.5 Å². The Bertz CT molecular complexity index is 997. The van der Waals surface area contributed by atoms with Gasteiger partial charge < -0.3 is 30.9 Å². The first kappa shape index (κ1) is 30.7. The molecular formula is C28H47N5O6. The van der Waals surface area contributed by atoms with Crippen molar-refractivity contribution in [3.63, 3.8) is 0 Å². The van der Waals surface area contributed by atoms with E-state index in [2.05, 4.69) is 35.1 Å². The van der Waals surface area contributed by atoms with E-state index in [9.17, 15) is 24.0 Å². The molecule has 3 aliphatic rings. The molecule has 3 rings (SSSR count). The maximum atomic E-state index is 14.1. The van der Waals surface area contributed by atoms with Gasteiger partial charge >= 0.3 is 12.0 Å². The molecule has 3 fully saturated rings. The molecule has 1 aliphatic carbocycles. The minimum absolute atomic E-state index is 0.0455. The molecule has 5 amide bonds. The monoisotopic (exact) mass is 549 g/mol. The molecule has 39 heavy (non-hydrogen) atoms.